The number of fused-ring (bicyclic) bond motifs is 2. The average Bonchev–Trinajstić information content (AvgIpc) is 3.64. The number of nitrogens with one attached hydrogen (secondary N) is 5. The average molecular weight is 680 g/mol. The van der Waals surface area contributed by atoms with Gasteiger partial charge in [-0.05, 0) is 67.7 Å². The lowest BCUT2D eigenvalue weighted by atomic mass is 10.00. The van der Waals surface area contributed by atoms with Crippen LogP contribution in [0.5, 0.6) is 11.5 Å². The molecule has 5 amide bonds. The van der Waals surface area contributed by atoms with Gasteiger partial charge in [0, 0.05) is 26.1 Å². The highest BCUT2D eigenvalue weighted by Gasteiger charge is 2.33. The highest BCUT2D eigenvalue weighted by molar-refractivity contribution is 5.95. The summed E-state index contributed by atoms with van der Waals surface area (Å²) in [5.74, 6) is -1.51. The normalized spacial score (nSPS) is 23.4. The van der Waals surface area contributed by atoms with Crippen LogP contribution in [0.3, 0.4) is 0 Å². The molecule has 0 aromatic heterocycles. The van der Waals surface area contributed by atoms with Crippen molar-refractivity contribution in [1.29, 1.82) is 0 Å². The molecule has 2 heterocycles. The fourth-order valence-electron chi connectivity index (χ4n) is 5.77. The molecule has 2 aliphatic heterocycles. The third-order valence-corrected chi connectivity index (χ3v) is 8.54. The van der Waals surface area contributed by atoms with Crippen molar-refractivity contribution >= 4 is 29.5 Å². The van der Waals surface area contributed by atoms with Gasteiger partial charge in [0.2, 0.25) is 23.6 Å². The molecule has 0 aliphatic carbocycles. The standard InChI is InChI=1S/C36H49N5O8/c1-23(2)32-36(46)38-18-7-12-25-15-16-28(47-3)30(21-25)49-22-31(42)37-17-8-13-26(39-35(45)29-14-9-19-48-29)33(43)40-27(34(44)41-32)20-24-10-5-4-6-11-24/h4-6,10-11,15-16,21,23,26-27,29,32H,7-9,12-14,17-20,22H2,1-3H3,(H,37,42)(H,38,46)(H,39,45)(H,40,43)(H,41,44)/t26-,27-,29-,32+/m0/s1. The Balaban J connectivity index is 1.57. The predicted octanol–water partition coefficient (Wildman–Crippen LogP) is 1.56. The molecule has 4 atom stereocenters. The van der Waals surface area contributed by atoms with Crippen molar-refractivity contribution in [1.82, 2.24) is 26.6 Å². The van der Waals surface area contributed by atoms with E-state index in [1.165, 1.54) is 7.11 Å². The summed E-state index contributed by atoms with van der Waals surface area (Å²) >= 11 is 0. The van der Waals surface area contributed by atoms with Crippen LogP contribution in [0.1, 0.15) is 57.1 Å². The molecular weight excluding hydrogens is 630 g/mol. The molecule has 266 valence electrons. The zero-order valence-electron chi connectivity index (χ0n) is 28.5. The van der Waals surface area contributed by atoms with Gasteiger partial charge in [0.25, 0.3) is 5.91 Å². The Hall–Kier alpha value is -4.65. The van der Waals surface area contributed by atoms with E-state index in [-0.39, 0.29) is 43.7 Å². The summed E-state index contributed by atoms with van der Waals surface area (Å²) in [6.45, 7) is 4.48. The molecule has 2 aliphatic rings. The van der Waals surface area contributed by atoms with Crippen molar-refractivity contribution < 1.29 is 38.2 Å². The second-order valence-electron chi connectivity index (χ2n) is 12.7. The van der Waals surface area contributed by atoms with Crippen molar-refractivity contribution in [2.75, 3.05) is 33.4 Å². The number of carbonyl (C=O) groups is 5. The highest BCUT2D eigenvalue weighted by Crippen LogP contribution is 2.28. The Bertz CT molecular complexity index is 1430. The van der Waals surface area contributed by atoms with Crippen LogP contribution in [-0.2, 0) is 41.6 Å². The number of hydrogen-bond acceptors (Lipinski definition) is 8. The molecule has 13 heteroatoms. The molecule has 2 bridgehead atoms. The van der Waals surface area contributed by atoms with E-state index < -0.39 is 42.0 Å². The fourth-order valence-corrected chi connectivity index (χ4v) is 5.77. The third-order valence-electron chi connectivity index (χ3n) is 8.54. The Kier molecular flexibility index (Phi) is 14.2. The number of ether oxygens (including phenoxy) is 3. The first-order chi connectivity index (χ1) is 23.6. The summed E-state index contributed by atoms with van der Waals surface area (Å²) in [7, 11) is 1.52. The number of benzene rings is 2. The van der Waals surface area contributed by atoms with Crippen LogP contribution in [0.25, 0.3) is 0 Å². The maximum atomic E-state index is 13.8. The van der Waals surface area contributed by atoms with Crippen LogP contribution in [0.2, 0.25) is 0 Å². The highest BCUT2D eigenvalue weighted by atomic mass is 16.5. The topological polar surface area (TPSA) is 173 Å². The first-order valence-electron chi connectivity index (χ1n) is 17.1. The minimum Gasteiger partial charge on any atom is -0.493 e. The SMILES string of the molecule is COc1ccc2cc1OCC(=O)NCCC[C@H](NC(=O)[C@@H]1CCCO1)C(=O)N[C@@H](Cc1ccccc1)C(=O)N[C@H](C(C)C)C(=O)NCCC2. The van der Waals surface area contributed by atoms with E-state index in [2.05, 4.69) is 26.6 Å². The van der Waals surface area contributed by atoms with Crippen molar-refractivity contribution in [3.05, 3.63) is 59.7 Å². The first-order valence-corrected chi connectivity index (χ1v) is 17.1. The predicted molar refractivity (Wildman–Crippen MR) is 182 cm³/mol. The Labute approximate surface area is 287 Å². The summed E-state index contributed by atoms with van der Waals surface area (Å²) in [5, 5.41) is 14.2. The second-order valence-corrected chi connectivity index (χ2v) is 12.7. The molecule has 5 N–H and O–H groups in total. The first kappa shape index (κ1) is 37.2. The number of amides is 5. The van der Waals surface area contributed by atoms with Crippen molar-refractivity contribution in [2.45, 2.75) is 83.0 Å². The number of methoxy groups -OCH3 is 1. The van der Waals surface area contributed by atoms with Gasteiger partial charge in [-0.3, -0.25) is 24.0 Å². The quantitative estimate of drug-likeness (QED) is 0.306. The molecular formula is C36H49N5O8. The van der Waals surface area contributed by atoms with Crippen molar-refractivity contribution in [3.63, 3.8) is 0 Å². The number of carbonyl (C=O) groups excluding carboxylic acids is 5. The van der Waals surface area contributed by atoms with Gasteiger partial charge in [-0.2, -0.15) is 0 Å². The summed E-state index contributed by atoms with van der Waals surface area (Å²) < 4.78 is 16.7. The maximum Gasteiger partial charge on any atom is 0.257 e. The van der Waals surface area contributed by atoms with Gasteiger partial charge in [0.1, 0.15) is 24.2 Å². The lowest BCUT2D eigenvalue weighted by molar-refractivity contribution is -0.136. The molecule has 2 aromatic carbocycles. The van der Waals surface area contributed by atoms with Gasteiger partial charge in [-0.25, -0.2) is 0 Å². The molecule has 0 radical (unpaired) electrons. The summed E-state index contributed by atoms with van der Waals surface area (Å²) in [4.78, 5) is 66.6. The Morgan fingerprint density at radius 2 is 1.69 bits per heavy atom. The molecule has 0 unspecified atom stereocenters. The van der Waals surface area contributed by atoms with E-state index >= 15 is 0 Å². The van der Waals surface area contributed by atoms with Crippen molar-refractivity contribution in [2.24, 2.45) is 5.92 Å². The van der Waals surface area contributed by atoms with Crippen LogP contribution < -0.4 is 36.1 Å². The molecule has 0 spiro atoms. The number of aryl methyl sites for hydroxylation is 1. The summed E-state index contributed by atoms with van der Waals surface area (Å²) in [5.41, 5.74) is 1.75. The Morgan fingerprint density at radius 1 is 0.918 bits per heavy atom. The minimum atomic E-state index is -1.04. The maximum absolute atomic E-state index is 13.8. The molecule has 0 saturated carbocycles. The lowest BCUT2D eigenvalue weighted by Crippen LogP contribution is -2.58. The van der Waals surface area contributed by atoms with E-state index in [1.54, 1.807) is 6.07 Å². The molecule has 4 rings (SSSR count). The largest absolute Gasteiger partial charge is 0.493 e. The van der Waals surface area contributed by atoms with Crippen LogP contribution >= 0.6 is 0 Å². The molecule has 1 fully saturated rings. The van der Waals surface area contributed by atoms with Gasteiger partial charge >= 0.3 is 0 Å². The fraction of sp³-hybridized carbons (Fsp3) is 0.528. The second kappa shape index (κ2) is 18.8. The van der Waals surface area contributed by atoms with Crippen LogP contribution in [0, 0.1) is 5.92 Å². The minimum absolute atomic E-state index is 0.164. The van der Waals surface area contributed by atoms with Gasteiger partial charge in [-0.1, -0.05) is 50.2 Å². The van der Waals surface area contributed by atoms with Gasteiger partial charge in [0.05, 0.1) is 7.11 Å². The zero-order valence-corrected chi connectivity index (χ0v) is 28.5. The third kappa shape index (κ3) is 11.5. The Morgan fingerprint density at radius 3 is 2.41 bits per heavy atom. The van der Waals surface area contributed by atoms with Gasteiger partial charge in [-0.15, -0.1) is 0 Å². The van der Waals surface area contributed by atoms with Crippen molar-refractivity contribution in [3.8, 4) is 11.5 Å². The smallest absolute Gasteiger partial charge is 0.257 e. The number of rotatable bonds is 6. The molecule has 13 nitrogen and oxygen atoms in total. The summed E-state index contributed by atoms with van der Waals surface area (Å²) in [6, 6.07) is 11.8. The van der Waals surface area contributed by atoms with Crippen LogP contribution in [0.4, 0.5) is 0 Å². The van der Waals surface area contributed by atoms with E-state index in [1.807, 2.05) is 56.3 Å². The van der Waals surface area contributed by atoms with E-state index in [0.717, 1.165) is 17.5 Å². The van der Waals surface area contributed by atoms with Crippen LogP contribution in [-0.4, -0.2) is 87.2 Å². The monoisotopic (exact) mass is 679 g/mol. The summed E-state index contributed by atoms with van der Waals surface area (Å²) in [6.07, 6.45) is 2.55. The zero-order chi connectivity index (χ0) is 35.2. The van der Waals surface area contributed by atoms with Crippen LogP contribution in [0.15, 0.2) is 48.5 Å². The lowest BCUT2D eigenvalue weighted by Gasteiger charge is -2.27. The number of hydrogen-bond donors (Lipinski definition) is 5. The van der Waals surface area contributed by atoms with E-state index in [0.29, 0.717) is 50.3 Å². The van der Waals surface area contributed by atoms with E-state index in [4.69, 9.17) is 14.2 Å². The molecule has 2 aromatic rings. The molecule has 1 saturated heterocycles. The van der Waals surface area contributed by atoms with Gasteiger partial charge < -0.3 is 40.8 Å². The van der Waals surface area contributed by atoms with E-state index in [9.17, 15) is 24.0 Å². The molecule has 49 heavy (non-hydrogen) atoms. The van der Waals surface area contributed by atoms with Gasteiger partial charge in [0.15, 0.2) is 18.1 Å².